The summed E-state index contributed by atoms with van der Waals surface area (Å²) in [6, 6.07) is 0. The zero-order valence-electron chi connectivity index (χ0n) is 6.50. The quantitative estimate of drug-likeness (QED) is 0.494. The number of hydrogen-bond acceptors (Lipinski definition) is 1. The predicted octanol–water partition coefficient (Wildman–Crippen LogP) is 1.87. The van der Waals surface area contributed by atoms with E-state index in [-0.39, 0.29) is 13.1 Å². The van der Waals surface area contributed by atoms with Crippen LogP contribution in [0.15, 0.2) is 0 Å². The summed E-state index contributed by atoms with van der Waals surface area (Å²) in [6.45, 7) is 3.61. The van der Waals surface area contributed by atoms with Gasteiger partial charge >= 0.3 is 6.18 Å². The number of hydrogen-bond donors (Lipinski definition) is 1. The zero-order chi connectivity index (χ0) is 9.07. The molecule has 0 spiro atoms. The monoisotopic (exact) mass is 168 g/mol. The molecule has 0 amide bonds. The Morgan fingerprint density at radius 1 is 1.27 bits per heavy atom. The minimum absolute atomic E-state index is 0.217. The number of nitrogens with one attached hydrogen (secondary N) is 1. The van der Waals surface area contributed by atoms with E-state index in [1.165, 1.54) is 0 Å². The van der Waals surface area contributed by atoms with Crippen molar-refractivity contribution >= 4 is 5.84 Å². The molecule has 0 aromatic carbocycles. The number of alkyl halides is 3. The SMILES string of the molecule is CCN(CC)C(=N)C(F)(F)F. The van der Waals surface area contributed by atoms with Crippen molar-refractivity contribution in [3.63, 3.8) is 0 Å². The van der Waals surface area contributed by atoms with Crippen LogP contribution in [0, 0.1) is 5.41 Å². The van der Waals surface area contributed by atoms with Gasteiger partial charge in [-0.2, -0.15) is 13.2 Å². The highest BCUT2D eigenvalue weighted by Gasteiger charge is 2.37. The van der Waals surface area contributed by atoms with Gasteiger partial charge in [0.05, 0.1) is 0 Å². The molecular formula is C6H11F3N2. The van der Waals surface area contributed by atoms with E-state index in [9.17, 15) is 13.2 Å². The standard InChI is InChI=1S/C6H11F3N2/c1-3-11(4-2)5(10)6(7,8)9/h10H,3-4H2,1-2H3. The summed E-state index contributed by atoms with van der Waals surface area (Å²) in [4.78, 5) is 0.958. The van der Waals surface area contributed by atoms with Crippen molar-refractivity contribution < 1.29 is 13.2 Å². The molecule has 0 aliphatic carbocycles. The average Bonchev–Trinajstić information content (AvgIpc) is 1.88. The highest BCUT2D eigenvalue weighted by Crippen LogP contribution is 2.18. The van der Waals surface area contributed by atoms with E-state index in [2.05, 4.69) is 0 Å². The molecule has 0 radical (unpaired) electrons. The van der Waals surface area contributed by atoms with Crippen molar-refractivity contribution in [2.45, 2.75) is 20.0 Å². The molecule has 1 N–H and O–H groups in total. The van der Waals surface area contributed by atoms with E-state index in [4.69, 9.17) is 5.41 Å². The van der Waals surface area contributed by atoms with Gasteiger partial charge < -0.3 is 4.90 Å². The van der Waals surface area contributed by atoms with Crippen LogP contribution in [0.25, 0.3) is 0 Å². The first-order chi connectivity index (χ1) is 4.93. The molecule has 0 bridgehead atoms. The molecule has 0 aliphatic heterocycles. The first-order valence-electron chi connectivity index (χ1n) is 3.34. The van der Waals surface area contributed by atoms with Gasteiger partial charge in [0.1, 0.15) is 0 Å². The maximum Gasteiger partial charge on any atom is 0.448 e. The highest BCUT2D eigenvalue weighted by atomic mass is 19.4. The topological polar surface area (TPSA) is 27.1 Å². The Labute approximate surface area is 63.5 Å². The Bertz CT molecular complexity index is 137. The van der Waals surface area contributed by atoms with Gasteiger partial charge in [-0.1, -0.05) is 0 Å². The second kappa shape index (κ2) is 3.59. The van der Waals surface area contributed by atoms with Crippen molar-refractivity contribution in [3.05, 3.63) is 0 Å². The van der Waals surface area contributed by atoms with Crippen LogP contribution >= 0.6 is 0 Å². The summed E-state index contributed by atoms with van der Waals surface area (Å²) in [5.41, 5.74) is 0. The smallest absolute Gasteiger partial charge is 0.354 e. The summed E-state index contributed by atoms with van der Waals surface area (Å²) in [6.07, 6.45) is -4.51. The van der Waals surface area contributed by atoms with Crippen LogP contribution in [0.3, 0.4) is 0 Å². The summed E-state index contributed by atoms with van der Waals surface area (Å²) < 4.78 is 35.4. The normalized spacial score (nSPS) is 11.4. The predicted molar refractivity (Wildman–Crippen MR) is 36.7 cm³/mol. The van der Waals surface area contributed by atoms with E-state index in [0.717, 1.165) is 4.90 Å². The van der Waals surface area contributed by atoms with Gasteiger partial charge in [0, 0.05) is 13.1 Å². The molecule has 0 saturated heterocycles. The lowest BCUT2D eigenvalue weighted by Gasteiger charge is -2.22. The van der Waals surface area contributed by atoms with Crippen LogP contribution < -0.4 is 0 Å². The van der Waals surface area contributed by atoms with E-state index in [1.807, 2.05) is 0 Å². The summed E-state index contributed by atoms with van der Waals surface area (Å²) >= 11 is 0. The molecule has 0 fully saturated rings. The molecule has 0 aromatic rings. The maximum absolute atomic E-state index is 11.8. The summed E-state index contributed by atoms with van der Waals surface area (Å²) in [7, 11) is 0. The molecule has 0 heterocycles. The first kappa shape index (κ1) is 10.3. The fourth-order valence-corrected chi connectivity index (χ4v) is 0.719. The highest BCUT2D eigenvalue weighted by molar-refractivity contribution is 5.84. The molecular weight excluding hydrogens is 157 g/mol. The van der Waals surface area contributed by atoms with E-state index in [1.54, 1.807) is 13.8 Å². The number of rotatable bonds is 2. The van der Waals surface area contributed by atoms with Gasteiger partial charge in [-0.05, 0) is 13.8 Å². The largest absolute Gasteiger partial charge is 0.448 e. The second-order valence-corrected chi connectivity index (χ2v) is 2.02. The lowest BCUT2D eigenvalue weighted by atomic mass is 10.4. The molecule has 11 heavy (non-hydrogen) atoms. The Hall–Kier alpha value is -0.740. The van der Waals surface area contributed by atoms with Crippen LogP contribution in [-0.4, -0.2) is 30.0 Å². The first-order valence-corrected chi connectivity index (χ1v) is 3.34. The Morgan fingerprint density at radius 2 is 1.64 bits per heavy atom. The zero-order valence-corrected chi connectivity index (χ0v) is 6.50. The Kier molecular flexibility index (Phi) is 3.35. The van der Waals surface area contributed by atoms with Gasteiger partial charge in [0.2, 0.25) is 5.84 Å². The third-order valence-corrected chi connectivity index (χ3v) is 1.35. The Balaban J connectivity index is 4.22. The minimum atomic E-state index is -4.51. The summed E-state index contributed by atoms with van der Waals surface area (Å²) in [5, 5.41) is 6.70. The second-order valence-electron chi connectivity index (χ2n) is 2.02. The van der Waals surface area contributed by atoms with Crippen LogP contribution in [0.5, 0.6) is 0 Å². The molecule has 0 aliphatic rings. The number of halogens is 3. The van der Waals surface area contributed by atoms with E-state index in [0.29, 0.717) is 0 Å². The molecule has 0 atom stereocenters. The average molecular weight is 168 g/mol. The van der Waals surface area contributed by atoms with Crippen molar-refractivity contribution in [1.82, 2.24) is 4.90 Å². The maximum atomic E-state index is 11.8. The van der Waals surface area contributed by atoms with Crippen molar-refractivity contribution in [1.29, 1.82) is 5.41 Å². The van der Waals surface area contributed by atoms with Gasteiger partial charge in [0.25, 0.3) is 0 Å². The van der Waals surface area contributed by atoms with Crippen molar-refractivity contribution in [2.24, 2.45) is 0 Å². The Morgan fingerprint density at radius 3 is 1.73 bits per heavy atom. The van der Waals surface area contributed by atoms with Crippen LogP contribution in [0.1, 0.15) is 13.8 Å². The third kappa shape index (κ3) is 2.78. The minimum Gasteiger partial charge on any atom is -0.354 e. The molecule has 66 valence electrons. The summed E-state index contributed by atoms with van der Waals surface area (Å²) in [5.74, 6) is -1.26. The van der Waals surface area contributed by atoms with Crippen LogP contribution in [-0.2, 0) is 0 Å². The fraction of sp³-hybridized carbons (Fsp3) is 0.833. The van der Waals surface area contributed by atoms with Gasteiger partial charge in [-0.15, -0.1) is 0 Å². The van der Waals surface area contributed by atoms with Crippen molar-refractivity contribution in [3.8, 4) is 0 Å². The number of amidine groups is 1. The molecule has 0 unspecified atom stereocenters. The fourth-order valence-electron chi connectivity index (χ4n) is 0.719. The lowest BCUT2D eigenvalue weighted by Crippen LogP contribution is -2.40. The van der Waals surface area contributed by atoms with Crippen LogP contribution in [0.2, 0.25) is 0 Å². The third-order valence-electron chi connectivity index (χ3n) is 1.35. The molecule has 0 aromatic heterocycles. The lowest BCUT2D eigenvalue weighted by molar-refractivity contribution is -0.0694. The van der Waals surface area contributed by atoms with E-state index >= 15 is 0 Å². The van der Waals surface area contributed by atoms with Gasteiger partial charge in [-0.25, -0.2) is 0 Å². The van der Waals surface area contributed by atoms with Crippen molar-refractivity contribution in [2.75, 3.05) is 13.1 Å². The molecule has 5 heteroatoms. The molecule has 2 nitrogen and oxygen atoms in total. The molecule has 0 saturated carbocycles. The number of nitrogens with zero attached hydrogens (tertiary/aromatic N) is 1. The van der Waals surface area contributed by atoms with Gasteiger partial charge in [0.15, 0.2) is 0 Å². The van der Waals surface area contributed by atoms with Crippen LogP contribution in [0.4, 0.5) is 13.2 Å². The van der Waals surface area contributed by atoms with Gasteiger partial charge in [-0.3, -0.25) is 5.41 Å². The molecule has 0 rings (SSSR count). The van der Waals surface area contributed by atoms with E-state index < -0.39 is 12.0 Å².